The molecule has 0 aliphatic carbocycles. The molecule has 0 bridgehead atoms. The molecule has 0 radical (unpaired) electrons. The standard InChI is InChI=1S/C22H26F2N4/c1-3-25-22(27-16(2)18-8-11-20(23)21(24)14-18)26-15-17-6-9-19(10-7-17)28-12-4-5-13-28/h4-11,14,16H,3,12-13,15H2,1-2H3,(H2,25,26,27). The van der Waals surface area contributed by atoms with Crippen LogP contribution in [0.1, 0.15) is 31.0 Å². The van der Waals surface area contributed by atoms with Gasteiger partial charge in [-0.3, -0.25) is 0 Å². The first-order valence-corrected chi connectivity index (χ1v) is 9.55. The smallest absolute Gasteiger partial charge is 0.192 e. The van der Waals surface area contributed by atoms with Gasteiger partial charge in [0.15, 0.2) is 17.6 Å². The van der Waals surface area contributed by atoms with Crippen LogP contribution in [0.3, 0.4) is 0 Å². The number of guanidine groups is 1. The minimum Gasteiger partial charge on any atom is -0.364 e. The molecule has 0 saturated heterocycles. The highest BCUT2D eigenvalue weighted by Crippen LogP contribution is 2.18. The molecule has 2 aromatic carbocycles. The van der Waals surface area contributed by atoms with Crippen LogP contribution in [0.25, 0.3) is 0 Å². The van der Waals surface area contributed by atoms with Crippen LogP contribution in [0.5, 0.6) is 0 Å². The van der Waals surface area contributed by atoms with Crippen molar-refractivity contribution >= 4 is 11.6 Å². The summed E-state index contributed by atoms with van der Waals surface area (Å²) in [6, 6.07) is 12.1. The first kappa shape index (κ1) is 19.9. The number of halogens is 2. The third-order valence-electron chi connectivity index (χ3n) is 4.68. The first-order valence-electron chi connectivity index (χ1n) is 9.55. The van der Waals surface area contributed by atoms with Gasteiger partial charge in [-0.15, -0.1) is 0 Å². The molecular weight excluding hydrogens is 358 g/mol. The zero-order valence-corrected chi connectivity index (χ0v) is 16.3. The lowest BCUT2D eigenvalue weighted by atomic mass is 10.1. The van der Waals surface area contributed by atoms with E-state index in [4.69, 9.17) is 0 Å². The SMILES string of the molecule is CCNC(=NCc1ccc(N2CC=CC2)cc1)NC(C)c1ccc(F)c(F)c1. The lowest BCUT2D eigenvalue weighted by molar-refractivity contribution is 0.504. The predicted molar refractivity (Wildman–Crippen MR) is 111 cm³/mol. The molecule has 0 amide bonds. The number of nitrogens with one attached hydrogen (secondary N) is 2. The summed E-state index contributed by atoms with van der Waals surface area (Å²) in [4.78, 5) is 6.91. The van der Waals surface area contributed by atoms with E-state index in [9.17, 15) is 8.78 Å². The maximum absolute atomic E-state index is 13.5. The summed E-state index contributed by atoms with van der Waals surface area (Å²) in [5.74, 6) is -1.06. The van der Waals surface area contributed by atoms with E-state index in [2.05, 4.69) is 56.9 Å². The van der Waals surface area contributed by atoms with Gasteiger partial charge in [0, 0.05) is 25.3 Å². The molecule has 4 nitrogen and oxygen atoms in total. The molecule has 3 rings (SSSR count). The summed E-state index contributed by atoms with van der Waals surface area (Å²) in [5.41, 5.74) is 2.97. The molecule has 2 N–H and O–H groups in total. The van der Waals surface area contributed by atoms with E-state index in [0.29, 0.717) is 24.6 Å². The lowest BCUT2D eigenvalue weighted by Gasteiger charge is -2.19. The van der Waals surface area contributed by atoms with Crippen molar-refractivity contribution in [1.29, 1.82) is 0 Å². The zero-order chi connectivity index (χ0) is 19.9. The highest BCUT2D eigenvalue weighted by atomic mass is 19.2. The Bertz CT molecular complexity index is 838. The largest absolute Gasteiger partial charge is 0.364 e. The number of rotatable bonds is 6. The Hall–Kier alpha value is -2.89. The average Bonchev–Trinajstić information content (AvgIpc) is 3.23. The topological polar surface area (TPSA) is 39.7 Å². The highest BCUT2D eigenvalue weighted by molar-refractivity contribution is 5.80. The molecule has 0 saturated carbocycles. The number of aliphatic imine (C=N–C) groups is 1. The molecule has 1 heterocycles. The lowest BCUT2D eigenvalue weighted by Crippen LogP contribution is -2.38. The average molecular weight is 384 g/mol. The van der Waals surface area contributed by atoms with Crippen LogP contribution in [0.2, 0.25) is 0 Å². The normalized spacial score (nSPS) is 15.0. The van der Waals surface area contributed by atoms with Crippen molar-refractivity contribution in [2.45, 2.75) is 26.4 Å². The van der Waals surface area contributed by atoms with Crippen molar-refractivity contribution in [3.63, 3.8) is 0 Å². The molecule has 0 fully saturated rings. The Kier molecular flexibility index (Phi) is 6.63. The second kappa shape index (κ2) is 9.35. The molecule has 2 aromatic rings. The quantitative estimate of drug-likeness (QED) is 0.446. The summed E-state index contributed by atoms with van der Waals surface area (Å²) >= 11 is 0. The molecule has 28 heavy (non-hydrogen) atoms. The van der Waals surface area contributed by atoms with Gasteiger partial charge in [0.05, 0.1) is 12.6 Å². The zero-order valence-electron chi connectivity index (χ0n) is 16.3. The minimum atomic E-state index is -0.846. The number of benzene rings is 2. The van der Waals surface area contributed by atoms with Crippen LogP contribution >= 0.6 is 0 Å². The third-order valence-corrected chi connectivity index (χ3v) is 4.68. The van der Waals surface area contributed by atoms with Gasteiger partial charge in [-0.05, 0) is 49.2 Å². The van der Waals surface area contributed by atoms with Crippen molar-refractivity contribution in [3.05, 3.63) is 77.4 Å². The van der Waals surface area contributed by atoms with E-state index in [1.54, 1.807) is 6.07 Å². The molecule has 1 aliphatic rings. The fraction of sp³-hybridized carbons (Fsp3) is 0.318. The van der Waals surface area contributed by atoms with Gasteiger partial charge in [0.2, 0.25) is 0 Å². The Balaban J connectivity index is 1.63. The fourth-order valence-electron chi connectivity index (χ4n) is 3.06. The van der Waals surface area contributed by atoms with E-state index < -0.39 is 11.6 Å². The first-order chi connectivity index (χ1) is 13.6. The van der Waals surface area contributed by atoms with E-state index in [-0.39, 0.29) is 6.04 Å². The summed E-state index contributed by atoms with van der Waals surface area (Å²) in [6.07, 6.45) is 4.33. The van der Waals surface area contributed by atoms with Gasteiger partial charge in [-0.1, -0.05) is 30.4 Å². The van der Waals surface area contributed by atoms with Gasteiger partial charge in [0.1, 0.15) is 0 Å². The van der Waals surface area contributed by atoms with Gasteiger partial charge in [-0.2, -0.15) is 0 Å². The fourth-order valence-corrected chi connectivity index (χ4v) is 3.06. The summed E-state index contributed by atoms with van der Waals surface area (Å²) in [7, 11) is 0. The summed E-state index contributed by atoms with van der Waals surface area (Å²) in [5, 5.41) is 6.43. The van der Waals surface area contributed by atoms with E-state index in [1.165, 1.54) is 11.8 Å². The van der Waals surface area contributed by atoms with Gasteiger partial charge < -0.3 is 15.5 Å². The number of hydrogen-bond donors (Lipinski definition) is 2. The van der Waals surface area contributed by atoms with E-state index in [1.807, 2.05) is 13.8 Å². The molecule has 148 valence electrons. The van der Waals surface area contributed by atoms with Crippen LogP contribution in [0.4, 0.5) is 14.5 Å². The van der Waals surface area contributed by atoms with Crippen LogP contribution in [-0.4, -0.2) is 25.6 Å². The molecule has 1 aliphatic heterocycles. The van der Waals surface area contributed by atoms with Gasteiger partial charge in [-0.25, -0.2) is 13.8 Å². The molecular formula is C22H26F2N4. The van der Waals surface area contributed by atoms with Crippen molar-refractivity contribution < 1.29 is 8.78 Å². The molecule has 1 unspecified atom stereocenters. The molecule has 0 spiro atoms. The van der Waals surface area contributed by atoms with E-state index >= 15 is 0 Å². The Morgan fingerprint density at radius 1 is 1.07 bits per heavy atom. The van der Waals surface area contributed by atoms with Crippen molar-refractivity contribution in [2.24, 2.45) is 4.99 Å². The Labute approximate surface area is 165 Å². The van der Waals surface area contributed by atoms with E-state index in [0.717, 1.165) is 24.7 Å². The molecule has 0 aromatic heterocycles. The number of hydrogen-bond acceptors (Lipinski definition) is 2. The molecule has 6 heteroatoms. The Morgan fingerprint density at radius 3 is 2.43 bits per heavy atom. The van der Waals surface area contributed by atoms with Crippen LogP contribution in [0.15, 0.2) is 59.6 Å². The summed E-state index contributed by atoms with van der Waals surface area (Å²) < 4.78 is 26.6. The maximum Gasteiger partial charge on any atom is 0.192 e. The second-order valence-electron chi connectivity index (χ2n) is 6.78. The third kappa shape index (κ3) is 5.09. The molecule has 1 atom stereocenters. The predicted octanol–water partition coefficient (Wildman–Crippen LogP) is 4.16. The van der Waals surface area contributed by atoms with Crippen LogP contribution in [0, 0.1) is 11.6 Å². The van der Waals surface area contributed by atoms with Crippen LogP contribution < -0.4 is 15.5 Å². The van der Waals surface area contributed by atoms with Gasteiger partial charge in [0.25, 0.3) is 0 Å². The monoisotopic (exact) mass is 384 g/mol. The van der Waals surface area contributed by atoms with Crippen molar-refractivity contribution in [3.8, 4) is 0 Å². The van der Waals surface area contributed by atoms with Crippen LogP contribution in [-0.2, 0) is 6.54 Å². The number of nitrogens with zero attached hydrogens (tertiary/aromatic N) is 2. The second-order valence-corrected chi connectivity index (χ2v) is 6.78. The van der Waals surface area contributed by atoms with Gasteiger partial charge >= 0.3 is 0 Å². The van der Waals surface area contributed by atoms with Crippen molar-refractivity contribution in [1.82, 2.24) is 10.6 Å². The number of anilines is 1. The minimum absolute atomic E-state index is 0.210. The maximum atomic E-state index is 13.5. The highest BCUT2D eigenvalue weighted by Gasteiger charge is 2.11. The summed E-state index contributed by atoms with van der Waals surface area (Å²) in [6.45, 7) is 7.01. The van der Waals surface area contributed by atoms with Crippen molar-refractivity contribution in [2.75, 3.05) is 24.5 Å². The Morgan fingerprint density at radius 2 is 1.79 bits per heavy atom.